The van der Waals surface area contributed by atoms with Crippen LogP contribution in [0.3, 0.4) is 0 Å². The smallest absolute Gasteiger partial charge is 0.337 e. The molecule has 0 fully saturated rings. The first-order chi connectivity index (χ1) is 13.0. The average Bonchev–Trinajstić information content (AvgIpc) is 2.61. The van der Waals surface area contributed by atoms with Crippen molar-refractivity contribution in [1.82, 2.24) is 0 Å². The molecule has 2 aromatic rings. The predicted octanol–water partition coefficient (Wildman–Crippen LogP) is 6.21. The van der Waals surface area contributed by atoms with Crippen LogP contribution >= 0.6 is 0 Å². The number of carbonyl (C=O) groups is 1. The lowest BCUT2D eigenvalue weighted by Crippen LogP contribution is -2.19. The van der Waals surface area contributed by atoms with Crippen LogP contribution in [0.15, 0.2) is 36.4 Å². The molecular weight excluding hydrogens is 350 g/mol. The van der Waals surface area contributed by atoms with Gasteiger partial charge < -0.3 is 14.8 Å². The summed E-state index contributed by atoms with van der Waals surface area (Å²) in [6, 6.07) is 11.7. The van der Waals surface area contributed by atoms with Crippen molar-refractivity contribution in [2.45, 2.75) is 59.3 Å². The van der Waals surface area contributed by atoms with Gasteiger partial charge in [-0.25, -0.2) is 4.79 Å². The number of esters is 1. The van der Waals surface area contributed by atoms with E-state index in [1.807, 2.05) is 19.1 Å². The number of hydrogen-bond donors (Lipinski definition) is 1. The summed E-state index contributed by atoms with van der Waals surface area (Å²) in [5.41, 5.74) is 4.72. The maximum absolute atomic E-state index is 11.7. The second-order valence-electron chi connectivity index (χ2n) is 9.03. The SMILES string of the molecule is CCOc1c(Nc2ccc(C(=O)OC)cc2)cc(C(C)(C)C)cc1C(C)(C)C. The van der Waals surface area contributed by atoms with Gasteiger partial charge in [-0.05, 0) is 53.6 Å². The fraction of sp³-hybridized carbons (Fsp3) is 0.458. The average molecular weight is 384 g/mol. The molecule has 0 unspecified atom stereocenters. The van der Waals surface area contributed by atoms with Crippen molar-refractivity contribution in [2.75, 3.05) is 19.0 Å². The van der Waals surface area contributed by atoms with Crippen LogP contribution in [-0.4, -0.2) is 19.7 Å². The summed E-state index contributed by atoms with van der Waals surface area (Å²) in [6.45, 7) is 15.8. The molecule has 2 rings (SSSR count). The summed E-state index contributed by atoms with van der Waals surface area (Å²) < 4.78 is 10.8. The monoisotopic (exact) mass is 383 g/mol. The lowest BCUT2D eigenvalue weighted by atomic mass is 9.79. The number of anilines is 2. The quantitative estimate of drug-likeness (QED) is 0.624. The van der Waals surface area contributed by atoms with E-state index >= 15 is 0 Å². The van der Waals surface area contributed by atoms with Gasteiger partial charge in [-0.3, -0.25) is 0 Å². The van der Waals surface area contributed by atoms with Crippen LogP contribution in [0.4, 0.5) is 11.4 Å². The van der Waals surface area contributed by atoms with Gasteiger partial charge >= 0.3 is 5.97 Å². The van der Waals surface area contributed by atoms with Gasteiger partial charge in [0.05, 0.1) is 25.0 Å². The third-order valence-corrected chi connectivity index (χ3v) is 4.64. The van der Waals surface area contributed by atoms with Crippen molar-refractivity contribution in [3.63, 3.8) is 0 Å². The summed E-state index contributed by atoms with van der Waals surface area (Å²) in [5, 5.41) is 3.49. The molecule has 0 aromatic heterocycles. The Hall–Kier alpha value is -2.49. The zero-order valence-electron chi connectivity index (χ0n) is 18.4. The topological polar surface area (TPSA) is 47.6 Å². The second-order valence-corrected chi connectivity index (χ2v) is 9.03. The molecule has 2 aromatic carbocycles. The number of rotatable bonds is 5. The normalized spacial score (nSPS) is 11.9. The summed E-state index contributed by atoms with van der Waals surface area (Å²) in [7, 11) is 1.38. The van der Waals surface area contributed by atoms with E-state index in [2.05, 4.69) is 59.0 Å². The Morgan fingerprint density at radius 1 is 0.964 bits per heavy atom. The van der Waals surface area contributed by atoms with Crippen LogP contribution in [0.2, 0.25) is 0 Å². The molecular formula is C24H33NO3. The fourth-order valence-corrected chi connectivity index (χ4v) is 2.97. The number of nitrogens with one attached hydrogen (secondary N) is 1. The van der Waals surface area contributed by atoms with Crippen molar-refractivity contribution in [2.24, 2.45) is 0 Å². The van der Waals surface area contributed by atoms with E-state index < -0.39 is 0 Å². The highest BCUT2D eigenvalue weighted by atomic mass is 16.5. The highest BCUT2D eigenvalue weighted by molar-refractivity contribution is 5.89. The number of methoxy groups -OCH3 is 1. The number of hydrogen-bond acceptors (Lipinski definition) is 4. The molecule has 4 heteroatoms. The Kier molecular flexibility index (Phi) is 6.43. The Bertz CT molecular complexity index is 825. The summed E-state index contributed by atoms with van der Waals surface area (Å²) in [6.07, 6.45) is 0. The van der Waals surface area contributed by atoms with Gasteiger partial charge in [0, 0.05) is 11.3 Å². The number of carbonyl (C=O) groups excluding carboxylic acids is 1. The second kappa shape index (κ2) is 8.26. The molecule has 0 aliphatic carbocycles. The fourth-order valence-electron chi connectivity index (χ4n) is 2.97. The Labute approximate surface area is 169 Å². The van der Waals surface area contributed by atoms with Gasteiger partial charge in [0.25, 0.3) is 0 Å². The third-order valence-electron chi connectivity index (χ3n) is 4.64. The molecule has 0 aliphatic rings. The van der Waals surface area contributed by atoms with Gasteiger partial charge in [0.15, 0.2) is 0 Å². The zero-order chi connectivity index (χ0) is 21.1. The standard InChI is InChI=1S/C24H33NO3/c1-9-28-21-19(24(5,6)7)14-17(23(2,3)4)15-20(21)25-18-12-10-16(11-13-18)22(26)27-8/h10-15,25H,9H2,1-8H3. The molecule has 0 saturated carbocycles. The molecule has 0 saturated heterocycles. The number of ether oxygens (including phenoxy) is 2. The minimum absolute atomic E-state index is 0.00984. The van der Waals surface area contributed by atoms with Crippen LogP contribution < -0.4 is 10.1 Å². The molecule has 1 N–H and O–H groups in total. The van der Waals surface area contributed by atoms with E-state index in [9.17, 15) is 4.79 Å². The van der Waals surface area contributed by atoms with Gasteiger partial charge in [-0.1, -0.05) is 47.6 Å². The molecule has 4 nitrogen and oxygen atoms in total. The van der Waals surface area contributed by atoms with Crippen LogP contribution in [0.5, 0.6) is 5.75 Å². The molecule has 152 valence electrons. The van der Waals surface area contributed by atoms with Gasteiger partial charge in [0.2, 0.25) is 0 Å². The van der Waals surface area contributed by atoms with E-state index in [0.29, 0.717) is 12.2 Å². The molecule has 0 aliphatic heterocycles. The van der Waals surface area contributed by atoms with Crippen molar-refractivity contribution >= 4 is 17.3 Å². The van der Waals surface area contributed by atoms with Crippen molar-refractivity contribution < 1.29 is 14.3 Å². The largest absolute Gasteiger partial charge is 0.491 e. The molecule has 0 radical (unpaired) electrons. The lowest BCUT2D eigenvalue weighted by molar-refractivity contribution is 0.0601. The lowest BCUT2D eigenvalue weighted by Gasteiger charge is -2.29. The summed E-state index contributed by atoms with van der Waals surface area (Å²) >= 11 is 0. The van der Waals surface area contributed by atoms with Crippen LogP contribution in [-0.2, 0) is 15.6 Å². The van der Waals surface area contributed by atoms with E-state index in [1.54, 1.807) is 12.1 Å². The van der Waals surface area contributed by atoms with Crippen molar-refractivity contribution in [3.8, 4) is 5.75 Å². The van der Waals surface area contributed by atoms with E-state index in [4.69, 9.17) is 9.47 Å². The summed E-state index contributed by atoms with van der Waals surface area (Å²) in [5.74, 6) is 0.534. The highest BCUT2D eigenvalue weighted by Gasteiger charge is 2.26. The number of benzene rings is 2. The van der Waals surface area contributed by atoms with E-state index in [1.165, 1.54) is 18.2 Å². The van der Waals surface area contributed by atoms with Crippen LogP contribution in [0.25, 0.3) is 0 Å². The van der Waals surface area contributed by atoms with Gasteiger partial charge in [-0.15, -0.1) is 0 Å². The van der Waals surface area contributed by atoms with Crippen LogP contribution in [0, 0.1) is 0 Å². The molecule has 0 bridgehead atoms. The molecule has 0 spiro atoms. The Morgan fingerprint density at radius 2 is 1.57 bits per heavy atom. The van der Waals surface area contributed by atoms with E-state index in [0.717, 1.165) is 17.1 Å². The minimum atomic E-state index is -0.341. The molecule has 28 heavy (non-hydrogen) atoms. The third kappa shape index (κ3) is 5.06. The van der Waals surface area contributed by atoms with Crippen molar-refractivity contribution in [3.05, 3.63) is 53.1 Å². The first-order valence-corrected chi connectivity index (χ1v) is 9.74. The van der Waals surface area contributed by atoms with Crippen LogP contribution in [0.1, 0.15) is 70.0 Å². The Morgan fingerprint density at radius 3 is 2.04 bits per heavy atom. The van der Waals surface area contributed by atoms with Gasteiger partial charge in [-0.2, -0.15) is 0 Å². The molecule has 0 atom stereocenters. The summed E-state index contributed by atoms with van der Waals surface area (Å²) in [4.78, 5) is 11.7. The maximum atomic E-state index is 11.7. The first-order valence-electron chi connectivity index (χ1n) is 9.74. The van der Waals surface area contributed by atoms with Crippen molar-refractivity contribution in [1.29, 1.82) is 0 Å². The first kappa shape index (κ1) is 21.8. The van der Waals surface area contributed by atoms with E-state index in [-0.39, 0.29) is 16.8 Å². The molecule has 0 heterocycles. The highest BCUT2D eigenvalue weighted by Crippen LogP contribution is 2.42. The zero-order valence-corrected chi connectivity index (χ0v) is 18.4. The molecule has 0 amide bonds. The Balaban J connectivity index is 2.55. The minimum Gasteiger partial charge on any atom is -0.491 e. The van der Waals surface area contributed by atoms with Gasteiger partial charge in [0.1, 0.15) is 5.75 Å². The maximum Gasteiger partial charge on any atom is 0.337 e. The predicted molar refractivity (Wildman–Crippen MR) is 116 cm³/mol.